The number of hydrogen-bond acceptors (Lipinski definition) is 2. The van der Waals surface area contributed by atoms with Gasteiger partial charge in [-0.3, -0.25) is 0 Å². The molecule has 1 aliphatic heterocycles. The molecule has 2 rings (SSSR count). The van der Waals surface area contributed by atoms with E-state index in [9.17, 15) is 8.78 Å². The van der Waals surface area contributed by atoms with E-state index in [1.807, 2.05) is 0 Å². The summed E-state index contributed by atoms with van der Waals surface area (Å²) in [6, 6.07) is 5.16. The van der Waals surface area contributed by atoms with Crippen LogP contribution in [0, 0.1) is 0 Å². The van der Waals surface area contributed by atoms with Gasteiger partial charge in [0.1, 0.15) is 5.75 Å². The summed E-state index contributed by atoms with van der Waals surface area (Å²) in [4.78, 5) is 0. The fourth-order valence-corrected chi connectivity index (χ4v) is 1.69. The molecule has 0 saturated heterocycles. The van der Waals surface area contributed by atoms with Gasteiger partial charge in [0.25, 0.3) is 0 Å². The molecule has 1 aromatic carbocycles. The number of benzene rings is 1. The lowest BCUT2D eigenvalue weighted by atomic mass is 10.0. The predicted molar refractivity (Wildman–Crippen MR) is 50.2 cm³/mol. The second-order valence-corrected chi connectivity index (χ2v) is 3.28. The zero-order chi connectivity index (χ0) is 10.1. The van der Waals surface area contributed by atoms with Crippen LogP contribution in [0.25, 0.3) is 0 Å². The van der Waals surface area contributed by atoms with Crippen molar-refractivity contribution in [3.05, 3.63) is 23.8 Å². The molecule has 0 fully saturated rings. The third kappa shape index (κ3) is 1.41. The van der Waals surface area contributed by atoms with Crippen LogP contribution in [0.2, 0.25) is 0 Å². The summed E-state index contributed by atoms with van der Waals surface area (Å²) >= 11 is 0. The molecule has 14 heavy (non-hydrogen) atoms. The lowest BCUT2D eigenvalue weighted by molar-refractivity contribution is 0.121. The monoisotopic (exact) mass is 199 g/mol. The summed E-state index contributed by atoms with van der Waals surface area (Å²) < 4.78 is 30.1. The third-order valence-electron chi connectivity index (χ3n) is 2.48. The first-order valence-corrected chi connectivity index (χ1v) is 4.42. The van der Waals surface area contributed by atoms with E-state index in [1.165, 1.54) is 0 Å². The minimum Gasteiger partial charge on any atom is -0.497 e. The van der Waals surface area contributed by atoms with Gasteiger partial charge >= 0.3 is 0 Å². The highest BCUT2D eigenvalue weighted by atomic mass is 19.3. The molecule has 76 valence electrons. The smallest absolute Gasteiger partial charge is 0.247 e. The van der Waals surface area contributed by atoms with Crippen LogP contribution in [0.3, 0.4) is 0 Å². The normalized spacial score (nSPS) is 19.3. The SMILES string of the molecule is COc1ccc2c(c1)NCC2C(F)F. The van der Waals surface area contributed by atoms with Crippen molar-refractivity contribution in [2.24, 2.45) is 0 Å². The van der Waals surface area contributed by atoms with E-state index in [1.54, 1.807) is 25.3 Å². The quantitative estimate of drug-likeness (QED) is 0.790. The zero-order valence-electron chi connectivity index (χ0n) is 7.76. The second kappa shape index (κ2) is 3.44. The van der Waals surface area contributed by atoms with Gasteiger partial charge in [-0.05, 0) is 11.6 Å². The molecule has 0 aliphatic carbocycles. The molecule has 1 atom stereocenters. The standard InChI is InChI=1S/C10H11F2NO/c1-14-6-2-3-7-8(10(11)12)5-13-9(7)4-6/h2-4,8,10,13H,5H2,1H3. The van der Waals surface area contributed by atoms with Crippen molar-refractivity contribution in [1.29, 1.82) is 0 Å². The van der Waals surface area contributed by atoms with E-state index < -0.39 is 12.3 Å². The highest BCUT2D eigenvalue weighted by Gasteiger charge is 2.29. The highest BCUT2D eigenvalue weighted by molar-refractivity contribution is 5.60. The first-order chi connectivity index (χ1) is 6.72. The summed E-state index contributed by atoms with van der Waals surface area (Å²) in [6.07, 6.45) is -2.31. The molecule has 0 spiro atoms. The fourth-order valence-electron chi connectivity index (χ4n) is 1.69. The summed E-state index contributed by atoms with van der Waals surface area (Å²) in [5.41, 5.74) is 1.44. The van der Waals surface area contributed by atoms with Gasteiger partial charge in [0, 0.05) is 18.3 Å². The maximum Gasteiger partial charge on any atom is 0.247 e. The minimum atomic E-state index is -2.31. The van der Waals surface area contributed by atoms with Crippen LogP contribution >= 0.6 is 0 Å². The summed E-state index contributed by atoms with van der Waals surface area (Å²) in [6.45, 7) is 0.306. The van der Waals surface area contributed by atoms with E-state index >= 15 is 0 Å². The molecular weight excluding hydrogens is 188 g/mol. The largest absolute Gasteiger partial charge is 0.497 e. The Kier molecular flexibility index (Phi) is 2.27. The molecule has 4 heteroatoms. The molecule has 1 aliphatic rings. The molecule has 1 N–H and O–H groups in total. The first-order valence-electron chi connectivity index (χ1n) is 4.42. The average Bonchev–Trinajstić information content (AvgIpc) is 2.59. The Balaban J connectivity index is 2.33. The Labute approximate surface area is 80.9 Å². The van der Waals surface area contributed by atoms with E-state index in [4.69, 9.17) is 4.74 Å². The van der Waals surface area contributed by atoms with Crippen LogP contribution in [-0.2, 0) is 0 Å². The number of anilines is 1. The van der Waals surface area contributed by atoms with Crippen molar-refractivity contribution in [3.63, 3.8) is 0 Å². The molecule has 0 radical (unpaired) electrons. The molecular formula is C10H11F2NO. The van der Waals surface area contributed by atoms with Crippen molar-refractivity contribution in [1.82, 2.24) is 0 Å². The number of hydrogen-bond donors (Lipinski definition) is 1. The fraction of sp³-hybridized carbons (Fsp3) is 0.400. The van der Waals surface area contributed by atoms with E-state index in [0.717, 1.165) is 5.69 Å². The lowest BCUT2D eigenvalue weighted by Crippen LogP contribution is -2.10. The summed E-state index contributed by atoms with van der Waals surface area (Å²) in [7, 11) is 1.56. The topological polar surface area (TPSA) is 21.3 Å². The molecule has 0 bridgehead atoms. The van der Waals surface area contributed by atoms with Crippen molar-refractivity contribution >= 4 is 5.69 Å². The summed E-state index contributed by atoms with van der Waals surface area (Å²) in [5.74, 6) is 0.00192. The Morgan fingerprint density at radius 2 is 2.29 bits per heavy atom. The Morgan fingerprint density at radius 3 is 2.93 bits per heavy atom. The van der Waals surface area contributed by atoms with Gasteiger partial charge in [-0.1, -0.05) is 6.07 Å². The molecule has 2 nitrogen and oxygen atoms in total. The maximum atomic E-state index is 12.5. The predicted octanol–water partition coefficient (Wildman–Crippen LogP) is 2.47. The number of ether oxygens (including phenoxy) is 1. The van der Waals surface area contributed by atoms with Gasteiger partial charge in [0.2, 0.25) is 6.43 Å². The Hall–Kier alpha value is -1.32. The van der Waals surface area contributed by atoms with Gasteiger partial charge in [-0.2, -0.15) is 0 Å². The van der Waals surface area contributed by atoms with Crippen LogP contribution in [0.4, 0.5) is 14.5 Å². The van der Waals surface area contributed by atoms with Crippen molar-refractivity contribution in [2.45, 2.75) is 12.3 Å². The molecule has 1 heterocycles. The van der Waals surface area contributed by atoms with Crippen molar-refractivity contribution < 1.29 is 13.5 Å². The van der Waals surface area contributed by atoms with Crippen LogP contribution < -0.4 is 10.1 Å². The van der Waals surface area contributed by atoms with E-state index in [0.29, 0.717) is 17.9 Å². The number of rotatable bonds is 2. The lowest BCUT2D eigenvalue weighted by Gasteiger charge is -2.08. The Morgan fingerprint density at radius 1 is 1.50 bits per heavy atom. The molecule has 0 amide bonds. The van der Waals surface area contributed by atoms with Gasteiger partial charge in [-0.15, -0.1) is 0 Å². The minimum absolute atomic E-state index is 0.306. The molecule has 0 aromatic heterocycles. The number of fused-ring (bicyclic) bond motifs is 1. The third-order valence-corrected chi connectivity index (χ3v) is 2.48. The zero-order valence-corrected chi connectivity index (χ0v) is 7.76. The van der Waals surface area contributed by atoms with Gasteiger partial charge in [-0.25, -0.2) is 8.78 Å². The van der Waals surface area contributed by atoms with Gasteiger partial charge in [0.05, 0.1) is 13.0 Å². The van der Waals surface area contributed by atoms with Crippen molar-refractivity contribution in [2.75, 3.05) is 19.0 Å². The number of nitrogens with one attached hydrogen (secondary N) is 1. The molecule has 1 unspecified atom stereocenters. The van der Waals surface area contributed by atoms with E-state index in [-0.39, 0.29) is 0 Å². The highest BCUT2D eigenvalue weighted by Crippen LogP contribution is 2.37. The van der Waals surface area contributed by atoms with Gasteiger partial charge in [0.15, 0.2) is 0 Å². The van der Waals surface area contributed by atoms with Crippen LogP contribution in [-0.4, -0.2) is 20.1 Å². The first kappa shape index (κ1) is 9.24. The average molecular weight is 199 g/mol. The Bertz CT molecular complexity index is 341. The van der Waals surface area contributed by atoms with Crippen LogP contribution in [0.15, 0.2) is 18.2 Å². The number of methoxy groups -OCH3 is 1. The van der Waals surface area contributed by atoms with Crippen LogP contribution in [0.5, 0.6) is 5.75 Å². The van der Waals surface area contributed by atoms with Crippen molar-refractivity contribution in [3.8, 4) is 5.75 Å². The van der Waals surface area contributed by atoms with Crippen LogP contribution in [0.1, 0.15) is 11.5 Å². The van der Waals surface area contributed by atoms with Gasteiger partial charge < -0.3 is 10.1 Å². The number of halogens is 2. The number of alkyl halides is 2. The summed E-state index contributed by atoms with van der Waals surface area (Å²) in [5, 5.41) is 2.95. The second-order valence-electron chi connectivity index (χ2n) is 3.28. The molecule has 0 saturated carbocycles. The maximum absolute atomic E-state index is 12.5. The van der Waals surface area contributed by atoms with E-state index in [2.05, 4.69) is 5.32 Å². The molecule has 1 aromatic rings.